The highest BCUT2D eigenvalue weighted by Gasteiger charge is 2.27. The lowest BCUT2D eigenvalue weighted by Crippen LogP contribution is -2.37. The third-order valence-electron chi connectivity index (χ3n) is 5.03. The van der Waals surface area contributed by atoms with Gasteiger partial charge in [-0.1, -0.05) is 29.8 Å². The van der Waals surface area contributed by atoms with Crippen molar-refractivity contribution >= 4 is 28.4 Å². The number of H-pyrrole nitrogens is 1. The van der Waals surface area contributed by atoms with Crippen molar-refractivity contribution in [1.29, 1.82) is 0 Å². The highest BCUT2D eigenvalue weighted by molar-refractivity contribution is 6.31. The van der Waals surface area contributed by atoms with Gasteiger partial charge in [-0.05, 0) is 48.6 Å². The SMILES string of the molecule is O=C(c1cc(Cl)ccc1O)N1CCC(c2c[nH]c3ccccc23)CC1. The van der Waals surface area contributed by atoms with Crippen molar-refractivity contribution in [2.75, 3.05) is 13.1 Å². The van der Waals surface area contributed by atoms with Gasteiger partial charge in [0.15, 0.2) is 0 Å². The third kappa shape index (κ3) is 2.98. The summed E-state index contributed by atoms with van der Waals surface area (Å²) in [5.41, 5.74) is 2.76. The molecule has 0 spiro atoms. The van der Waals surface area contributed by atoms with Gasteiger partial charge < -0.3 is 15.0 Å². The van der Waals surface area contributed by atoms with E-state index >= 15 is 0 Å². The van der Waals surface area contributed by atoms with Gasteiger partial charge in [-0.2, -0.15) is 0 Å². The molecule has 1 aliphatic heterocycles. The number of fused-ring (bicyclic) bond motifs is 1. The molecule has 2 N–H and O–H groups in total. The van der Waals surface area contributed by atoms with Crippen molar-refractivity contribution in [3.8, 4) is 5.75 Å². The monoisotopic (exact) mass is 354 g/mol. The molecule has 0 unspecified atom stereocenters. The largest absolute Gasteiger partial charge is 0.507 e. The van der Waals surface area contributed by atoms with E-state index in [0.717, 1.165) is 18.4 Å². The fourth-order valence-electron chi connectivity index (χ4n) is 3.68. The summed E-state index contributed by atoms with van der Waals surface area (Å²) in [6.45, 7) is 1.35. The predicted molar refractivity (Wildman–Crippen MR) is 99.3 cm³/mol. The smallest absolute Gasteiger partial charge is 0.257 e. The number of aromatic amines is 1. The van der Waals surface area contributed by atoms with E-state index in [1.807, 2.05) is 6.07 Å². The lowest BCUT2D eigenvalue weighted by atomic mass is 9.89. The number of likely N-dealkylation sites (tertiary alicyclic amines) is 1. The van der Waals surface area contributed by atoms with Crippen molar-refractivity contribution in [2.24, 2.45) is 0 Å². The number of halogens is 1. The number of amides is 1. The van der Waals surface area contributed by atoms with E-state index in [1.165, 1.54) is 23.1 Å². The Morgan fingerprint density at radius 2 is 1.92 bits per heavy atom. The van der Waals surface area contributed by atoms with Crippen LogP contribution in [-0.2, 0) is 0 Å². The topological polar surface area (TPSA) is 56.3 Å². The van der Waals surface area contributed by atoms with Crippen LogP contribution in [0.4, 0.5) is 0 Å². The van der Waals surface area contributed by atoms with E-state index < -0.39 is 0 Å². The standard InChI is InChI=1S/C20H19ClN2O2/c21-14-5-6-19(24)16(11-14)20(25)23-9-7-13(8-10-23)17-12-22-18-4-2-1-3-15(17)18/h1-6,11-13,22,24H,7-10H2. The van der Waals surface area contributed by atoms with Crippen LogP contribution in [0, 0.1) is 0 Å². The van der Waals surface area contributed by atoms with E-state index in [1.54, 1.807) is 11.0 Å². The van der Waals surface area contributed by atoms with Crippen LogP contribution in [-0.4, -0.2) is 34.0 Å². The number of rotatable bonds is 2. The van der Waals surface area contributed by atoms with Gasteiger partial charge in [0.25, 0.3) is 5.91 Å². The highest BCUT2D eigenvalue weighted by Crippen LogP contribution is 2.34. The fourth-order valence-corrected chi connectivity index (χ4v) is 3.85. The molecular formula is C20H19ClN2O2. The summed E-state index contributed by atoms with van der Waals surface area (Å²) in [4.78, 5) is 17.8. The number of benzene rings is 2. The normalized spacial score (nSPS) is 15.6. The van der Waals surface area contributed by atoms with Crippen LogP contribution >= 0.6 is 11.6 Å². The molecule has 1 aromatic heterocycles. The van der Waals surface area contributed by atoms with Gasteiger partial charge in [-0.3, -0.25) is 4.79 Å². The van der Waals surface area contributed by atoms with Crippen molar-refractivity contribution in [3.63, 3.8) is 0 Å². The summed E-state index contributed by atoms with van der Waals surface area (Å²) in [5, 5.41) is 11.7. The lowest BCUT2D eigenvalue weighted by molar-refractivity contribution is 0.0710. The summed E-state index contributed by atoms with van der Waals surface area (Å²) in [6, 6.07) is 12.9. The number of para-hydroxylation sites is 1. The molecular weight excluding hydrogens is 336 g/mol. The maximum Gasteiger partial charge on any atom is 0.257 e. The Kier molecular flexibility index (Phi) is 4.14. The molecule has 1 amide bonds. The average Bonchev–Trinajstić information content (AvgIpc) is 3.07. The van der Waals surface area contributed by atoms with E-state index in [0.29, 0.717) is 24.0 Å². The van der Waals surface area contributed by atoms with E-state index in [9.17, 15) is 9.90 Å². The summed E-state index contributed by atoms with van der Waals surface area (Å²) in [7, 11) is 0. The molecule has 0 aliphatic carbocycles. The Balaban J connectivity index is 1.50. The summed E-state index contributed by atoms with van der Waals surface area (Å²) in [6.07, 6.45) is 3.92. The number of hydrogen-bond acceptors (Lipinski definition) is 2. The van der Waals surface area contributed by atoms with Gasteiger partial charge in [0, 0.05) is 35.2 Å². The van der Waals surface area contributed by atoms with Crippen LogP contribution < -0.4 is 0 Å². The predicted octanol–water partition coefficient (Wildman–Crippen LogP) is 4.55. The molecule has 0 atom stereocenters. The van der Waals surface area contributed by atoms with Gasteiger partial charge in [0.2, 0.25) is 0 Å². The minimum absolute atomic E-state index is 0.0202. The first-order chi connectivity index (χ1) is 12.1. The zero-order valence-corrected chi connectivity index (χ0v) is 14.5. The van der Waals surface area contributed by atoms with Crippen molar-refractivity contribution in [2.45, 2.75) is 18.8 Å². The van der Waals surface area contributed by atoms with Gasteiger partial charge in [0.05, 0.1) is 5.56 Å². The van der Waals surface area contributed by atoms with Crippen molar-refractivity contribution in [1.82, 2.24) is 9.88 Å². The number of aromatic nitrogens is 1. The first kappa shape index (κ1) is 16.0. The second kappa shape index (κ2) is 6.45. The second-order valence-electron chi connectivity index (χ2n) is 6.52. The average molecular weight is 355 g/mol. The van der Waals surface area contributed by atoms with E-state index in [-0.39, 0.29) is 17.2 Å². The molecule has 1 fully saturated rings. The molecule has 0 radical (unpaired) electrons. The minimum atomic E-state index is -0.155. The van der Waals surface area contributed by atoms with E-state index in [4.69, 9.17) is 11.6 Å². The third-order valence-corrected chi connectivity index (χ3v) is 5.27. The molecule has 5 heteroatoms. The summed E-state index contributed by atoms with van der Waals surface area (Å²) >= 11 is 5.96. The molecule has 128 valence electrons. The number of carbonyl (C=O) groups excluding carboxylic acids is 1. The Morgan fingerprint density at radius 3 is 2.72 bits per heavy atom. The Morgan fingerprint density at radius 1 is 1.16 bits per heavy atom. The Bertz CT molecular complexity index is 926. The van der Waals surface area contributed by atoms with Crippen LogP contribution in [0.5, 0.6) is 5.75 Å². The van der Waals surface area contributed by atoms with E-state index in [2.05, 4.69) is 29.4 Å². The molecule has 1 aliphatic rings. The number of carbonyl (C=O) groups is 1. The van der Waals surface area contributed by atoms with Crippen LogP contribution in [0.2, 0.25) is 5.02 Å². The Labute approximate surface area is 151 Å². The molecule has 1 saturated heterocycles. The molecule has 0 bridgehead atoms. The molecule has 4 rings (SSSR count). The number of nitrogens with zero attached hydrogens (tertiary/aromatic N) is 1. The van der Waals surface area contributed by atoms with Gasteiger partial charge >= 0.3 is 0 Å². The minimum Gasteiger partial charge on any atom is -0.507 e. The van der Waals surface area contributed by atoms with Crippen LogP contribution in [0.1, 0.15) is 34.7 Å². The second-order valence-corrected chi connectivity index (χ2v) is 6.95. The Hall–Kier alpha value is -2.46. The fraction of sp³-hybridized carbons (Fsp3) is 0.250. The first-order valence-corrected chi connectivity index (χ1v) is 8.85. The molecule has 0 saturated carbocycles. The maximum atomic E-state index is 12.7. The number of nitrogens with one attached hydrogen (secondary N) is 1. The number of phenols is 1. The number of hydrogen-bond donors (Lipinski definition) is 2. The summed E-state index contributed by atoms with van der Waals surface area (Å²) < 4.78 is 0. The summed E-state index contributed by atoms with van der Waals surface area (Å²) in [5.74, 6) is 0.263. The number of aromatic hydroxyl groups is 1. The quantitative estimate of drug-likeness (QED) is 0.709. The van der Waals surface area contributed by atoms with Gasteiger partial charge in [0.1, 0.15) is 5.75 Å². The highest BCUT2D eigenvalue weighted by atomic mass is 35.5. The molecule has 25 heavy (non-hydrogen) atoms. The molecule has 2 aromatic carbocycles. The molecule has 4 nitrogen and oxygen atoms in total. The van der Waals surface area contributed by atoms with Crippen molar-refractivity contribution < 1.29 is 9.90 Å². The lowest BCUT2D eigenvalue weighted by Gasteiger charge is -2.32. The van der Waals surface area contributed by atoms with Crippen LogP contribution in [0.3, 0.4) is 0 Å². The number of phenolic OH excluding ortho intramolecular Hbond substituents is 1. The zero-order chi connectivity index (χ0) is 17.4. The van der Waals surface area contributed by atoms with Crippen LogP contribution in [0.25, 0.3) is 10.9 Å². The first-order valence-electron chi connectivity index (χ1n) is 8.47. The van der Waals surface area contributed by atoms with Gasteiger partial charge in [-0.25, -0.2) is 0 Å². The van der Waals surface area contributed by atoms with Crippen LogP contribution in [0.15, 0.2) is 48.7 Å². The van der Waals surface area contributed by atoms with Crippen molar-refractivity contribution in [3.05, 3.63) is 64.8 Å². The number of piperidine rings is 1. The zero-order valence-electron chi connectivity index (χ0n) is 13.7. The molecule has 2 heterocycles. The maximum absolute atomic E-state index is 12.7. The van der Waals surface area contributed by atoms with Gasteiger partial charge in [-0.15, -0.1) is 0 Å². The molecule has 3 aromatic rings.